The fourth-order valence-corrected chi connectivity index (χ4v) is 3.84. The smallest absolute Gasteiger partial charge is 0.112 e. The van der Waals surface area contributed by atoms with Gasteiger partial charge in [0.25, 0.3) is 0 Å². The molecule has 4 nitrogen and oxygen atoms in total. The maximum Gasteiger partial charge on any atom is 0.112 e. The molecule has 1 fully saturated rings. The largest absolute Gasteiger partial charge is 0.342 e. The van der Waals surface area contributed by atoms with Crippen LogP contribution in [-0.2, 0) is 6.54 Å². The van der Waals surface area contributed by atoms with E-state index in [9.17, 15) is 0 Å². The molecule has 1 aliphatic heterocycles. The number of rotatable bonds is 5. The van der Waals surface area contributed by atoms with E-state index in [1.54, 1.807) is 0 Å². The molecule has 3 heterocycles. The second-order valence-corrected chi connectivity index (χ2v) is 7.32. The number of imidazole rings is 1. The minimum absolute atomic E-state index is 0.467. The van der Waals surface area contributed by atoms with Gasteiger partial charge in [0, 0.05) is 42.9 Å². The zero-order chi connectivity index (χ0) is 18.8. The van der Waals surface area contributed by atoms with Crippen LogP contribution in [0.1, 0.15) is 17.3 Å². The average Bonchev–Trinajstić information content (AvgIpc) is 3.21. The van der Waals surface area contributed by atoms with E-state index >= 15 is 0 Å². The summed E-state index contributed by atoms with van der Waals surface area (Å²) in [4.78, 5) is 15.3. The van der Waals surface area contributed by atoms with Gasteiger partial charge >= 0.3 is 0 Å². The van der Waals surface area contributed by atoms with Crippen molar-refractivity contribution in [2.45, 2.75) is 12.5 Å². The molecular weight excluding hydrogens is 344 g/mol. The molecule has 0 atom stereocenters. The molecule has 0 saturated carbocycles. The maximum absolute atomic E-state index is 4.68. The minimum Gasteiger partial charge on any atom is -0.342 e. The Morgan fingerprint density at radius 1 is 0.857 bits per heavy atom. The molecule has 0 amide bonds. The van der Waals surface area contributed by atoms with Crippen LogP contribution in [-0.4, -0.2) is 32.9 Å². The van der Waals surface area contributed by atoms with Gasteiger partial charge in [-0.15, -0.1) is 0 Å². The van der Waals surface area contributed by atoms with Crippen molar-refractivity contribution in [1.82, 2.24) is 19.9 Å². The van der Waals surface area contributed by atoms with Crippen molar-refractivity contribution in [2.24, 2.45) is 0 Å². The molecule has 1 N–H and O–H groups in total. The third kappa shape index (κ3) is 3.35. The molecule has 2 aromatic carbocycles. The molecule has 0 bridgehead atoms. The van der Waals surface area contributed by atoms with Gasteiger partial charge in [-0.3, -0.25) is 9.88 Å². The van der Waals surface area contributed by atoms with Crippen molar-refractivity contribution in [3.05, 3.63) is 96.6 Å². The fourth-order valence-electron chi connectivity index (χ4n) is 3.84. The number of aromatic amines is 1. The summed E-state index contributed by atoms with van der Waals surface area (Å²) < 4.78 is 0. The number of likely N-dealkylation sites (tertiary alicyclic amines) is 1. The van der Waals surface area contributed by atoms with Gasteiger partial charge in [0.1, 0.15) is 5.82 Å². The van der Waals surface area contributed by atoms with Crippen LogP contribution in [0, 0.1) is 0 Å². The highest BCUT2D eigenvalue weighted by molar-refractivity contribution is 5.78. The van der Waals surface area contributed by atoms with E-state index in [1.807, 2.05) is 36.7 Å². The van der Waals surface area contributed by atoms with Crippen LogP contribution in [0.3, 0.4) is 0 Å². The Kier molecular flexibility index (Phi) is 4.47. The highest BCUT2D eigenvalue weighted by Gasteiger charge is 2.30. The summed E-state index contributed by atoms with van der Waals surface area (Å²) in [6.45, 7) is 3.09. The SMILES string of the molecule is c1ccc(CN2CC(c3ncc(-c4cccnc4-c4ccccc4)[nH]3)C2)cc1. The quantitative estimate of drug-likeness (QED) is 0.555. The predicted octanol–water partition coefficient (Wildman–Crippen LogP) is 4.74. The summed E-state index contributed by atoms with van der Waals surface area (Å²) in [5.74, 6) is 1.54. The summed E-state index contributed by atoms with van der Waals surface area (Å²) in [5, 5.41) is 0. The van der Waals surface area contributed by atoms with Gasteiger partial charge < -0.3 is 4.98 Å². The van der Waals surface area contributed by atoms with E-state index in [1.165, 1.54) is 5.56 Å². The van der Waals surface area contributed by atoms with Gasteiger partial charge in [0.15, 0.2) is 0 Å². The van der Waals surface area contributed by atoms with Crippen molar-refractivity contribution in [2.75, 3.05) is 13.1 Å². The first-order chi connectivity index (χ1) is 13.9. The van der Waals surface area contributed by atoms with Crippen LogP contribution in [0.2, 0.25) is 0 Å². The number of nitrogens with zero attached hydrogens (tertiary/aromatic N) is 3. The molecule has 0 radical (unpaired) electrons. The van der Waals surface area contributed by atoms with Crippen LogP contribution in [0.25, 0.3) is 22.5 Å². The van der Waals surface area contributed by atoms with Crippen molar-refractivity contribution in [3.63, 3.8) is 0 Å². The molecule has 0 unspecified atom stereocenters. The van der Waals surface area contributed by atoms with E-state index in [0.29, 0.717) is 5.92 Å². The van der Waals surface area contributed by atoms with Gasteiger partial charge in [-0.25, -0.2) is 4.98 Å². The molecule has 1 aliphatic rings. The van der Waals surface area contributed by atoms with Crippen LogP contribution in [0.15, 0.2) is 85.2 Å². The van der Waals surface area contributed by atoms with Crippen molar-refractivity contribution in [1.29, 1.82) is 0 Å². The lowest BCUT2D eigenvalue weighted by molar-refractivity contribution is 0.135. The maximum atomic E-state index is 4.68. The monoisotopic (exact) mass is 366 g/mol. The normalized spacial score (nSPS) is 14.7. The molecule has 4 heteroatoms. The van der Waals surface area contributed by atoms with E-state index in [0.717, 1.165) is 48.0 Å². The molecule has 5 rings (SSSR count). The molecule has 4 aromatic rings. The zero-order valence-corrected chi connectivity index (χ0v) is 15.6. The topological polar surface area (TPSA) is 44.8 Å². The van der Waals surface area contributed by atoms with Crippen molar-refractivity contribution >= 4 is 0 Å². The summed E-state index contributed by atoms with van der Waals surface area (Å²) in [7, 11) is 0. The van der Waals surface area contributed by atoms with Crippen LogP contribution in [0.4, 0.5) is 0 Å². The number of hydrogen-bond acceptors (Lipinski definition) is 3. The van der Waals surface area contributed by atoms with Crippen LogP contribution < -0.4 is 0 Å². The lowest BCUT2D eigenvalue weighted by atomic mass is 9.98. The van der Waals surface area contributed by atoms with Gasteiger partial charge in [-0.2, -0.15) is 0 Å². The number of benzene rings is 2. The summed E-state index contributed by atoms with van der Waals surface area (Å²) >= 11 is 0. The lowest BCUT2D eigenvalue weighted by Crippen LogP contribution is -2.44. The Bertz CT molecular complexity index is 1050. The number of aromatic nitrogens is 3. The zero-order valence-electron chi connectivity index (χ0n) is 15.6. The number of pyridine rings is 1. The first-order valence-electron chi connectivity index (χ1n) is 9.69. The summed E-state index contributed by atoms with van der Waals surface area (Å²) in [6, 6.07) is 25.0. The van der Waals surface area contributed by atoms with E-state index in [4.69, 9.17) is 0 Å². The predicted molar refractivity (Wildman–Crippen MR) is 112 cm³/mol. The Morgan fingerprint density at radius 2 is 1.61 bits per heavy atom. The number of nitrogens with one attached hydrogen (secondary N) is 1. The third-order valence-corrected chi connectivity index (χ3v) is 5.33. The number of H-pyrrole nitrogens is 1. The standard InChI is InChI=1S/C24H22N4/c1-3-8-18(9-4-1)15-28-16-20(17-28)24-26-14-22(27-24)21-12-7-13-25-23(21)19-10-5-2-6-11-19/h1-14,20H,15-17H2,(H,26,27). The fraction of sp³-hybridized carbons (Fsp3) is 0.167. The average molecular weight is 366 g/mol. The van der Waals surface area contributed by atoms with Crippen LogP contribution >= 0.6 is 0 Å². The van der Waals surface area contributed by atoms with Crippen molar-refractivity contribution in [3.8, 4) is 22.5 Å². The molecule has 2 aromatic heterocycles. The molecule has 138 valence electrons. The van der Waals surface area contributed by atoms with Gasteiger partial charge in [-0.05, 0) is 17.7 Å². The minimum atomic E-state index is 0.467. The first-order valence-corrected chi connectivity index (χ1v) is 9.69. The summed E-state index contributed by atoms with van der Waals surface area (Å²) in [5.41, 5.74) is 5.59. The molecule has 0 spiro atoms. The first kappa shape index (κ1) is 16.9. The second kappa shape index (κ2) is 7.41. The molecule has 28 heavy (non-hydrogen) atoms. The van der Waals surface area contributed by atoms with Gasteiger partial charge in [-0.1, -0.05) is 60.7 Å². The van der Waals surface area contributed by atoms with E-state index < -0.39 is 0 Å². The highest BCUT2D eigenvalue weighted by atomic mass is 15.2. The van der Waals surface area contributed by atoms with Crippen molar-refractivity contribution < 1.29 is 0 Å². The van der Waals surface area contributed by atoms with Gasteiger partial charge in [0.05, 0.1) is 17.6 Å². The Balaban J connectivity index is 1.32. The Labute approximate surface area is 164 Å². The molecule has 0 aliphatic carbocycles. The van der Waals surface area contributed by atoms with E-state index in [2.05, 4.69) is 68.4 Å². The second-order valence-electron chi connectivity index (χ2n) is 7.32. The molecular formula is C24H22N4. The van der Waals surface area contributed by atoms with Gasteiger partial charge in [0.2, 0.25) is 0 Å². The third-order valence-electron chi connectivity index (χ3n) is 5.33. The molecule has 1 saturated heterocycles. The lowest BCUT2D eigenvalue weighted by Gasteiger charge is -2.38. The number of hydrogen-bond donors (Lipinski definition) is 1. The summed E-state index contributed by atoms with van der Waals surface area (Å²) in [6.07, 6.45) is 3.79. The highest BCUT2D eigenvalue weighted by Crippen LogP contribution is 2.32. The van der Waals surface area contributed by atoms with Crippen LogP contribution in [0.5, 0.6) is 0 Å². The Morgan fingerprint density at radius 3 is 2.39 bits per heavy atom. The van der Waals surface area contributed by atoms with E-state index in [-0.39, 0.29) is 0 Å². The Hall–Kier alpha value is -3.24.